The van der Waals surface area contributed by atoms with E-state index in [1.54, 1.807) is 11.3 Å². The van der Waals surface area contributed by atoms with E-state index in [1.165, 1.54) is 0 Å². The molecule has 3 heteroatoms. The van der Waals surface area contributed by atoms with Crippen molar-refractivity contribution in [3.8, 4) is 0 Å². The van der Waals surface area contributed by atoms with Crippen molar-refractivity contribution >= 4 is 17.0 Å². The average Bonchev–Trinajstić information content (AvgIpc) is 3.10. The minimum absolute atomic E-state index is 0.881. The SMILES string of the molecule is CN(C)c1ccc(C(O)(c2ccccc2)c2cccs2)cc1. The zero-order valence-electron chi connectivity index (χ0n) is 12.7. The first-order chi connectivity index (χ1) is 10.6. The van der Waals surface area contributed by atoms with E-state index in [2.05, 4.69) is 4.90 Å². The van der Waals surface area contributed by atoms with Crippen molar-refractivity contribution < 1.29 is 5.11 Å². The minimum Gasteiger partial charge on any atom is -0.378 e. The highest BCUT2D eigenvalue weighted by Gasteiger charge is 2.34. The smallest absolute Gasteiger partial charge is 0.149 e. The molecule has 0 fully saturated rings. The number of hydrogen-bond acceptors (Lipinski definition) is 3. The molecule has 22 heavy (non-hydrogen) atoms. The molecule has 0 aliphatic heterocycles. The summed E-state index contributed by atoms with van der Waals surface area (Å²) in [6.07, 6.45) is 0. The topological polar surface area (TPSA) is 23.5 Å². The average molecular weight is 309 g/mol. The van der Waals surface area contributed by atoms with E-state index in [4.69, 9.17) is 0 Å². The summed E-state index contributed by atoms with van der Waals surface area (Å²) >= 11 is 1.57. The number of rotatable bonds is 4. The summed E-state index contributed by atoms with van der Waals surface area (Å²) in [5, 5.41) is 13.5. The lowest BCUT2D eigenvalue weighted by Crippen LogP contribution is -2.27. The molecular weight excluding hydrogens is 290 g/mol. The highest BCUT2D eigenvalue weighted by Crippen LogP contribution is 2.39. The molecule has 2 nitrogen and oxygen atoms in total. The van der Waals surface area contributed by atoms with Gasteiger partial charge in [0.2, 0.25) is 0 Å². The van der Waals surface area contributed by atoms with Crippen molar-refractivity contribution in [3.05, 3.63) is 88.1 Å². The molecule has 0 amide bonds. The van der Waals surface area contributed by atoms with Gasteiger partial charge in [-0.15, -0.1) is 11.3 Å². The Hall–Kier alpha value is -2.10. The largest absolute Gasteiger partial charge is 0.378 e. The normalized spacial score (nSPS) is 13.6. The Morgan fingerprint density at radius 2 is 1.45 bits per heavy atom. The second kappa shape index (κ2) is 5.95. The third kappa shape index (κ3) is 2.54. The molecule has 2 aromatic carbocycles. The highest BCUT2D eigenvalue weighted by atomic mass is 32.1. The van der Waals surface area contributed by atoms with Crippen molar-refractivity contribution in [2.45, 2.75) is 5.60 Å². The number of aliphatic hydroxyl groups is 1. The molecule has 112 valence electrons. The van der Waals surface area contributed by atoms with Gasteiger partial charge in [0.05, 0.1) is 0 Å². The van der Waals surface area contributed by atoms with Crippen LogP contribution in [0.25, 0.3) is 0 Å². The fourth-order valence-electron chi connectivity index (χ4n) is 2.62. The molecule has 3 rings (SSSR count). The van der Waals surface area contributed by atoms with Crippen molar-refractivity contribution in [1.82, 2.24) is 0 Å². The second-order valence-electron chi connectivity index (χ2n) is 5.50. The summed E-state index contributed by atoms with van der Waals surface area (Å²) in [6, 6.07) is 21.9. The first-order valence-electron chi connectivity index (χ1n) is 7.22. The van der Waals surface area contributed by atoms with Crippen molar-refractivity contribution in [2.24, 2.45) is 0 Å². The Labute approximate surface area is 135 Å². The van der Waals surface area contributed by atoms with Crippen LogP contribution in [0.1, 0.15) is 16.0 Å². The van der Waals surface area contributed by atoms with E-state index in [9.17, 15) is 5.11 Å². The second-order valence-corrected chi connectivity index (χ2v) is 6.44. The Morgan fingerprint density at radius 1 is 0.818 bits per heavy atom. The number of anilines is 1. The first kappa shape index (κ1) is 14.8. The molecule has 1 atom stereocenters. The molecule has 0 bridgehead atoms. The lowest BCUT2D eigenvalue weighted by atomic mass is 9.85. The van der Waals surface area contributed by atoms with Crippen LogP contribution in [0.3, 0.4) is 0 Å². The number of hydrogen-bond donors (Lipinski definition) is 1. The monoisotopic (exact) mass is 309 g/mol. The van der Waals surface area contributed by atoms with E-state index in [1.807, 2.05) is 86.2 Å². The molecule has 0 radical (unpaired) electrons. The van der Waals surface area contributed by atoms with Crippen LogP contribution in [0.2, 0.25) is 0 Å². The quantitative estimate of drug-likeness (QED) is 0.784. The summed E-state index contributed by atoms with van der Waals surface area (Å²) in [4.78, 5) is 2.98. The number of nitrogens with zero attached hydrogens (tertiary/aromatic N) is 1. The first-order valence-corrected chi connectivity index (χ1v) is 8.10. The van der Waals surface area contributed by atoms with Crippen LogP contribution in [-0.2, 0) is 5.60 Å². The molecule has 0 aliphatic carbocycles. The highest BCUT2D eigenvalue weighted by molar-refractivity contribution is 7.10. The van der Waals surface area contributed by atoms with Gasteiger partial charge in [0.25, 0.3) is 0 Å². The standard InChI is InChI=1S/C19H19NOS/c1-20(2)17-12-10-16(11-13-17)19(21,18-9-6-14-22-18)15-7-4-3-5-8-15/h3-14,21H,1-2H3. The summed E-state index contributed by atoms with van der Waals surface area (Å²) in [5.74, 6) is 0. The Balaban J connectivity index is 2.14. The summed E-state index contributed by atoms with van der Waals surface area (Å²) in [7, 11) is 4.02. The van der Waals surface area contributed by atoms with Crippen LogP contribution in [-0.4, -0.2) is 19.2 Å². The third-order valence-electron chi connectivity index (χ3n) is 3.87. The molecule has 1 heterocycles. The van der Waals surface area contributed by atoms with Crippen molar-refractivity contribution in [2.75, 3.05) is 19.0 Å². The Morgan fingerprint density at radius 3 is 2.00 bits per heavy atom. The van der Waals surface area contributed by atoms with Crippen LogP contribution in [0.4, 0.5) is 5.69 Å². The third-order valence-corrected chi connectivity index (χ3v) is 4.85. The molecule has 0 aliphatic rings. The molecule has 0 saturated carbocycles. The summed E-state index contributed by atoms with van der Waals surface area (Å²) in [6.45, 7) is 0. The fourth-order valence-corrected chi connectivity index (χ4v) is 3.48. The fraction of sp³-hybridized carbons (Fsp3) is 0.158. The van der Waals surface area contributed by atoms with Gasteiger partial charge in [0, 0.05) is 24.7 Å². The van der Waals surface area contributed by atoms with E-state index in [-0.39, 0.29) is 0 Å². The number of thiophene rings is 1. The maximum absolute atomic E-state index is 11.5. The van der Waals surface area contributed by atoms with Gasteiger partial charge in [-0.25, -0.2) is 0 Å². The van der Waals surface area contributed by atoms with Gasteiger partial charge >= 0.3 is 0 Å². The molecule has 1 unspecified atom stereocenters. The van der Waals surface area contributed by atoms with E-state index in [0.717, 1.165) is 21.7 Å². The summed E-state index contributed by atoms with van der Waals surface area (Å²) in [5.41, 5.74) is 1.77. The predicted octanol–water partition coefficient (Wildman–Crippen LogP) is 4.10. The van der Waals surface area contributed by atoms with Crippen molar-refractivity contribution in [3.63, 3.8) is 0 Å². The molecule has 0 saturated heterocycles. The Bertz CT molecular complexity index is 720. The van der Waals surface area contributed by atoms with Gasteiger partial charge in [-0.05, 0) is 34.7 Å². The van der Waals surface area contributed by atoms with E-state index in [0.29, 0.717) is 0 Å². The lowest BCUT2D eigenvalue weighted by Gasteiger charge is -2.29. The van der Waals surface area contributed by atoms with Gasteiger partial charge < -0.3 is 10.0 Å². The maximum atomic E-state index is 11.5. The zero-order chi connectivity index (χ0) is 15.6. The molecular formula is C19H19NOS. The van der Waals surface area contributed by atoms with Gasteiger partial charge in [-0.2, -0.15) is 0 Å². The van der Waals surface area contributed by atoms with Crippen LogP contribution < -0.4 is 4.90 Å². The Kier molecular flexibility index (Phi) is 4.01. The predicted molar refractivity (Wildman–Crippen MR) is 93.6 cm³/mol. The summed E-state index contributed by atoms with van der Waals surface area (Å²) < 4.78 is 0. The maximum Gasteiger partial charge on any atom is 0.149 e. The van der Waals surface area contributed by atoms with E-state index < -0.39 is 5.60 Å². The molecule has 1 aromatic heterocycles. The van der Waals surface area contributed by atoms with Gasteiger partial charge in [0.1, 0.15) is 5.60 Å². The lowest BCUT2D eigenvalue weighted by molar-refractivity contribution is 0.129. The van der Waals surface area contributed by atoms with E-state index >= 15 is 0 Å². The molecule has 1 N–H and O–H groups in total. The van der Waals surface area contributed by atoms with Crippen molar-refractivity contribution in [1.29, 1.82) is 0 Å². The van der Waals surface area contributed by atoms with Crippen LogP contribution in [0, 0.1) is 0 Å². The minimum atomic E-state index is -1.11. The van der Waals surface area contributed by atoms with Crippen LogP contribution in [0.15, 0.2) is 72.1 Å². The van der Waals surface area contributed by atoms with Crippen LogP contribution in [0.5, 0.6) is 0 Å². The molecule has 0 spiro atoms. The van der Waals surface area contributed by atoms with Gasteiger partial charge in [-0.1, -0.05) is 48.5 Å². The zero-order valence-corrected chi connectivity index (χ0v) is 13.5. The molecule has 3 aromatic rings. The van der Waals surface area contributed by atoms with Gasteiger partial charge in [0.15, 0.2) is 0 Å². The number of benzene rings is 2. The van der Waals surface area contributed by atoms with Gasteiger partial charge in [-0.3, -0.25) is 0 Å². The van der Waals surface area contributed by atoms with Crippen LogP contribution >= 0.6 is 11.3 Å².